The third-order valence-corrected chi connectivity index (χ3v) is 6.35. The zero-order chi connectivity index (χ0) is 32.9. The van der Waals surface area contributed by atoms with Crippen molar-refractivity contribution in [3.05, 3.63) is 54.2 Å². The molecule has 0 saturated carbocycles. The molecule has 192 valence electrons. The number of pyridine rings is 1. The number of carbonyl (C=O) groups excluding carboxylic acids is 1. The number of carbonyl (C=O) groups is 1. The lowest BCUT2D eigenvalue weighted by Gasteiger charge is -2.26. The molecule has 0 spiro atoms. The van der Waals surface area contributed by atoms with E-state index in [1.165, 1.54) is 23.6 Å². The summed E-state index contributed by atoms with van der Waals surface area (Å²) in [7, 11) is 0. The highest BCUT2D eigenvalue weighted by atomic mass is 32.1. The lowest BCUT2D eigenvalue weighted by atomic mass is 10.0. The van der Waals surface area contributed by atoms with Gasteiger partial charge in [-0.2, -0.15) is 0 Å². The number of hydrogen-bond donors (Lipinski definition) is 3. The minimum Gasteiger partial charge on any atom is -0.385 e. The van der Waals surface area contributed by atoms with Gasteiger partial charge < -0.3 is 15.2 Å². The van der Waals surface area contributed by atoms with Crippen LogP contribution in [0.25, 0.3) is 32.6 Å². The number of urea groups is 1. The summed E-state index contributed by atoms with van der Waals surface area (Å²) in [5.41, 5.74) is 2.99. The Morgan fingerprint density at radius 2 is 2.00 bits per heavy atom. The van der Waals surface area contributed by atoms with Crippen LogP contribution in [-0.4, -0.2) is 68.6 Å². The van der Waals surface area contributed by atoms with Gasteiger partial charge in [0.05, 0.1) is 34.5 Å². The molecule has 0 bridgehead atoms. The minimum atomic E-state index is -3.17. The molecular formula is C26H29N7O3S. The van der Waals surface area contributed by atoms with Crippen LogP contribution < -0.4 is 10.6 Å². The maximum Gasteiger partial charge on any atom is 0.321 e. The van der Waals surface area contributed by atoms with Crippen molar-refractivity contribution in [1.29, 1.82) is 0 Å². The highest BCUT2D eigenvalue weighted by molar-refractivity contribution is 7.22. The smallest absolute Gasteiger partial charge is 0.321 e. The van der Waals surface area contributed by atoms with Crippen molar-refractivity contribution in [2.45, 2.75) is 26.5 Å². The van der Waals surface area contributed by atoms with E-state index in [0.29, 0.717) is 54.7 Å². The van der Waals surface area contributed by atoms with Crippen LogP contribution in [0.5, 0.6) is 0 Å². The van der Waals surface area contributed by atoms with E-state index in [-0.39, 0.29) is 5.82 Å². The molecular weight excluding hydrogens is 490 g/mol. The highest BCUT2D eigenvalue weighted by Gasteiger charge is 2.17. The first-order valence-corrected chi connectivity index (χ1v) is 12.2. The van der Waals surface area contributed by atoms with E-state index < -0.39 is 44.8 Å². The van der Waals surface area contributed by atoms with Crippen molar-refractivity contribution in [1.82, 2.24) is 30.2 Å². The topological polar surface area (TPSA) is 125 Å². The van der Waals surface area contributed by atoms with E-state index >= 15 is 0 Å². The molecule has 1 aliphatic heterocycles. The third-order valence-electron chi connectivity index (χ3n) is 5.33. The first-order chi connectivity index (χ1) is 21.0. The predicted octanol–water partition coefficient (Wildman–Crippen LogP) is 3.84. The summed E-state index contributed by atoms with van der Waals surface area (Å²) in [6, 6.07) is 6.20. The normalized spacial score (nSPS) is 23.6. The Labute approximate surface area is 230 Å². The van der Waals surface area contributed by atoms with Crippen molar-refractivity contribution >= 4 is 32.7 Å². The summed E-state index contributed by atoms with van der Waals surface area (Å²) < 4.78 is 70.6. The number of nitrogens with zero attached hydrogens (tertiary/aromatic N) is 5. The number of ether oxygens (including phenoxy) is 1. The standard InChI is InChI=1S/C26H29N7O3S/c1-3-27-25(35)32-26-31-22-12-18(19-13-29-24(16(2)34)30-14-19)11-20(23(22)37-26)21-10-17(4-5-28-21)15-33-6-8-36-9-7-33/h4-5,10-14,16,34H,3,6-9,15H2,1-2H3,(H2,27,31,32,35)/i6D2,7D2,8D2,9D2. The van der Waals surface area contributed by atoms with Gasteiger partial charge in [-0.1, -0.05) is 11.3 Å². The van der Waals surface area contributed by atoms with Crippen LogP contribution in [0.2, 0.25) is 0 Å². The molecule has 11 heteroatoms. The maximum absolute atomic E-state index is 12.2. The fourth-order valence-electron chi connectivity index (χ4n) is 3.64. The van der Waals surface area contributed by atoms with Crippen LogP contribution in [0.15, 0.2) is 42.9 Å². The molecule has 3 aromatic heterocycles. The second-order valence-corrected chi connectivity index (χ2v) is 9.05. The van der Waals surface area contributed by atoms with Crippen LogP contribution in [0.1, 0.15) is 42.3 Å². The molecule has 1 aliphatic rings. The lowest BCUT2D eigenvalue weighted by Crippen LogP contribution is -2.35. The molecule has 5 rings (SSSR count). The zero-order valence-corrected chi connectivity index (χ0v) is 20.8. The fourth-order valence-corrected chi connectivity index (χ4v) is 4.60. The molecule has 3 N–H and O–H groups in total. The van der Waals surface area contributed by atoms with E-state index in [0.717, 1.165) is 0 Å². The average molecular weight is 528 g/mol. The summed E-state index contributed by atoms with van der Waals surface area (Å²) in [6.45, 7) is -9.22. The molecule has 1 aromatic carbocycles. The maximum atomic E-state index is 12.2. The van der Waals surface area contributed by atoms with E-state index in [1.54, 1.807) is 44.4 Å². The molecule has 1 unspecified atom stereocenters. The number of nitrogens with one attached hydrogen (secondary N) is 2. The van der Waals surface area contributed by atoms with Gasteiger partial charge in [0, 0.05) is 61.3 Å². The zero-order valence-electron chi connectivity index (χ0n) is 27.9. The Morgan fingerprint density at radius 3 is 2.73 bits per heavy atom. The van der Waals surface area contributed by atoms with Gasteiger partial charge in [0.25, 0.3) is 0 Å². The van der Waals surface area contributed by atoms with Gasteiger partial charge in [0.1, 0.15) is 6.10 Å². The SMILES string of the molecule is [2H]C1([2H])OC([2H])([2H])C([2H])([2H])N(Cc2ccnc(-c3cc(-c4cnc(C(C)O)nc4)cc4nc(NC(=O)NCC)sc34)c2)C1([2H])[2H]. The van der Waals surface area contributed by atoms with Gasteiger partial charge in [-0.25, -0.2) is 19.7 Å². The Kier molecular flexibility index (Phi) is 5.20. The van der Waals surface area contributed by atoms with Crippen molar-refractivity contribution < 1.29 is 25.6 Å². The van der Waals surface area contributed by atoms with E-state index in [2.05, 4.69) is 35.3 Å². The number of rotatable bonds is 7. The Hall–Kier alpha value is -3.51. The Balaban J connectivity index is 1.60. The molecule has 4 heterocycles. The van der Waals surface area contributed by atoms with Crippen LogP contribution in [0.3, 0.4) is 0 Å². The number of anilines is 1. The van der Waals surface area contributed by atoms with Crippen molar-refractivity contribution in [2.24, 2.45) is 0 Å². The molecule has 2 amide bonds. The lowest BCUT2D eigenvalue weighted by molar-refractivity contribution is 0.0342. The predicted molar refractivity (Wildman–Crippen MR) is 143 cm³/mol. The summed E-state index contributed by atoms with van der Waals surface area (Å²) in [4.78, 5) is 30.2. The Morgan fingerprint density at radius 1 is 1.22 bits per heavy atom. The molecule has 1 saturated heterocycles. The molecule has 1 fully saturated rings. The van der Waals surface area contributed by atoms with Crippen molar-refractivity contribution in [2.75, 3.05) is 38.0 Å². The highest BCUT2D eigenvalue weighted by Crippen LogP contribution is 2.38. The first kappa shape index (κ1) is 17.1. The molecule has 10 nitrogen and oxygen atoms in total. The molecule has 1 atom stereocenters. The second kappa shape index (κ2) is 11.3. The van der Waals surface area contributed by atoms with Crippen molar-refractivity contribution in [3.63, 3.8) is 0 Å². The molecule has 37 heavy (non-hydrogen) atoms. The summed E-state index contributed by atoms with van der Waals surface area (Å²) >= 11 is 1.19. The van der Waals surface area contributed by atoms with Crippen molar-refractivity contribution in [3.8, 4) is 22.4 Å². The molecule has 4 aromatic rings. The van der Waals surface area contributed by atoms with Crippen LogP contribution in [-0.2, 0) is 11.3 Å². The number of aliphatic hydroxyl groups excluding tert-OH is 1. The Bertz CT molecular complexity index is 1710. The van der Waals surface area contributed by atoms with Gasteiger partial charge in [-0.05, 0) is 49.2 Å². The summed E-state index contributed by atoms with van der Waals surface area (Å²) in [5, 5.41) is 15.5. The van der Waals surface area contributed by atoms with Gasteiger partial charge in [-0.3, -0.25) is 15.2 Å². The number of thiazole rings is 1. The second-order valence-electron chi connectivity index (χ2n) is 8.05. The first-order valence-electron chi connectivity index (χ1n) is 15.4. The van der Waals surface area contributed by atoms with Gasteiger partial charge in [-0.15, -0.1) is 0 Å². The number of fused-ring (bicyclic) bond motifs is 1. The number of hydrogen-bond acceptors (Lipinski definition) is 9. The quantitative estimate of drug-likeness (QED) is 0.331. The number of benzene rings is 1. The minimum absolute atomic E-state index is 0.244. The number of aromatic nitrogens is 4. The van der Waals surface area contributed by atoms with Gasteiger partial charge in [0.15, 0.2) is 11.0 Å². The van der Waals surface area contributed by atoms with E-state index in [1.807, 2.05) is 0 Å². The number of amides is 2. The molecule has 0 radical (unpaired) electrons. The monoisotopic (exact) mass is 527 g/mol. The number of aliphatic hydroxyl groups is 1. The number of morpholine rings is 1. The van der Waals surface area contributed by atoms with Gasteiger partial charge >= 0.3 is 6.03 Å². The summed E-state index contributed by atoms with van der Waals surface area (Å²) in [5.74, 6) is 0.244. The largest absolute Gasteiger partial charge is 0.385 e. The summed E-state index contributed by atoms with van der Waals surface area (Å²) in [6.07, 6.45) is 3.66. The third kappa shape index (κ3) is 5.91. The van der Waals surface area contributed by atoms with E-state index in [4.69, 9.17) is 11.0 Å². The van der Waals surface area contributed by atoms with Crippen LogP contribution >= 0.6 is 11.3 Å². The molecule has 0 aliphatic carbocycles. The van der Waals surface area contributed by atoms with E-state index in [9.17, 15) is 9.90 Å². The van der Waals surface area contributed by atoms with Gasteiger partial charge in [0.2, 0.25) is 0 Å². The fraction of sp³-hybridized carbons (Fsp3) is 0.346. The van der Waals surface area contributed by atoms with Crippen LogP contribution in [0, 0.1) is 0 Å². The van der Waals surface area contributed by atoms with Crippen LogP contribution in [0.4, 0.5) is 9.93 Å². The average Bonchev–Trinajstić information content (AvgIpc) is 3.36.